The summed E-state index contributed by atoms with van der Waals surface area (Å²) in [6.07, 6.45) is 0. The number of rotatable bonds is 9. The average Bonchev–Trinajstić information content (AvgIpc) is 3.71. The fraction of sp³-hybridized carbons (Fsp3) is 0.469. The molecule has 3 heterocycles. The molecule has 5 atom stereocenters. The van der Waals surface area contributed by atoms with Crippen LogP contribution in [0.15, 0.2) is 60.0 Å². The van der Waals surface area contributed by atoms with Gasteiger partial charge in [-0.15, -0.1) is 11.3 Å². The zero-order chi connectivity index (χ0) is 28.4. The van der Waals surface area contributed by atoms with Crippen LogP contribution in [0.25, 0.3) is 0 Å². The Morgan fingerprint density at radius 2 is 1.85 bits per heavy atom. The Balaban J connectivity index is 1.26. The average molecular weight is 577 g/mol. The van der Waals surface area contributed by atoms with Gasteiger partial charge in [0.15, 0.2) is 19.8 Å². The first-order chi connectivity index (χ1) is 19.0. The summed E-state index contributed by atoms with van der Waals surface area (Å²) in [4.78, 5) is 17.7. The van der Waals surface area contributed by atoms with Crippen molar-refractivity contribution in [2.45, 2.75) is 57.0 Å². The summed E-state index contributed by atoms with van der Waals surface area (Å²) in [5, 5.41) is 2.27. The minimum atomic E-state index is -1.99. The number of hydrogen-bond donors (Lipinski definition) is 1. The van der Waals surface area contributed by atoms with Crippen molar-refractivity contribution in [3.8, 4) is 11.5 Å². The van der Waals surface area contributed by atoms with Crippen LogP contribution in [-0.2, 0) is 16.4 Å². The molecule has 0 spiro atoms. The van der Waals surface area contributed by atoms with Gasteiger partial charge in [-0.2, -0.15) is 0 Å². The summed E-state index contributed by atoms with van der Waals surface area (Å²) in [6, 6.07) is 17.9. The van der Waals surface area contributed by atoms with Crippen LogP contribution >= 0.6 is 11.3 Å². The van der Waals surface area contributed by atoms with Gasteiger partial charge in [0.1, 0.15) is 6.61 Å². The molecule has 3 aromatic rings. The van der Waals surface area contributed by atoms with Gasteiger partial charge in [-0.25, -0.2) is 0 Å². The highest BCUT2D eigenvalue weighted by Crippen LogP contribution is 2.87. The second kappa shape index (κ2) is 9.64. The summed E-state index contributed by atoms with van der Waals surface area (Å²) < 4.78 is 18.5. The molecule has 2 aromatic carbocycles. The van der Waals surface area contributed by atoms with Gasteiger partial charge >= 0.3 is 0 Å². The molecule has 0 radical (unpaired) electrons. The van der Waals surface area contributed by atoms with Crippen molar-refractivity contribution in [1.29, 1.82) is 0 Å². The number of nitrogens with zero attached hydrogens (tertiary/aromatic N) is 1. The van der Waals surface area contributed by atoms with Crippen LogP contribution < -0.4 is 15.2 Å². The third-order valence-electron chi connectivity index (χ3n) is 9.96. The molecule has 7 rings (SSSR count). The Hall–Kier alpha value is -2.81. The number of nitrogens with two attached hydrogens (primary N) is 1. The van der Waals surface area contributed by atoms with Crippen molar-refractivity contribution < 1.29 is 18.7 Å². The van der Waals surface area contributed by atoms with Gasteiger partial charge in [0.05, 0.1) is 25.3 Å². The molecule has 212 valence electrons. The van der Waals surface area contributed by atoms with Crippen LogP contribution in [-0.4, -0.2) is 45.4 Å². The molecule has 40 heavy (non-hydrogen) atoms. The van der Waals surface area contributed by atoms with E-state index in [0.717, 1.165) is 12.1 Å². The number of hydrogen-bond acceptors (Lipinski definition) is 6. The Labute approximate surface area is 242 Å². The number of amides is 1. The highest BCUT2D eigenvalue weighted by atomic mass is 32.1. The van der Waals surface area contributed by atoms with Crippen LogP contribution in [0.1, 0.15) is 41.6 Å². The molecule has 2 aliphatic carbocycles. The van der Waals surface area contributed by atoms with E-state index in [1.807, 2.05) is 46.6 Å². The van der Waals surface area contributed by atoms with Crippen molar-refractivity contribution in [3.05, 3.63) is 76.0 Å². The van der Waals surface area contributed by atoms with E-state index in [1.165, 1.54) is 4.88 Å². The fourth-order valence-corrected chi connectivity index (χ4v) is 8.72. The molecule has 1 amide bonds. The standard InChI is InChI=1S/C32H40N2O4SSi/c1-31(2,3)40(5,6)38-19-24-29-28-22(32(28,29)27-13-10-14-39-27)17-34(24)30(35)21-15-25(36-4)26(16-23(21)33)37-18-20-11-8-7-9-12-20/h7-16,22,24,28-29H,17-19,33H2,1-6H3/t22?,24-,28+,29?,32+/m1/s1. The Morgan fingerprint density at radius 3 is 2.50 bits per heavy atom. The van der Waals surface area contributed by atoms with E-state index in [0.29, 0.717) is 53.7 Å². The molecule has 2 unspecified atom stereocenters. The molecule has 4 fully saturated rings. The number of fused-ring (bicyclic) bond motifs is 2. The van der Waals surface area contributed by atoms with Crippen molar-refractivity contribution in [2.24, 2.45) is 17.8 Å². The molecule has 4 aliphatic rings. The lowest BCUT2D eigenvalue weighted by Gasteiger charge is -2.45. The molecule has 2 saturated heterocycles. The molecule has 8 heteroatoms. The van der Waals surface area contributed by atoms with Gasteiger partial charge in [0, 0.05) is 28.6 Å². The lowest BCUT2D eigenvalue weighted by atomic mass is 9.83. The SMILES string of the molecule is COc1cc(C(=O)N2CC3[C@H]4C([C@H]2CO[Si](C)(C)C(C)(C)C)[C@]34c2cccs2)c(N)cc1OCc1ccccc1. The van der Waals surface area contributed by atoms with Crippen molar-refractivity contribution in [1.82, 2.24) is 4.90 Å². The molecule has 2 N–H and O–H groups in total. The minimum Gasteiger partial charge on any atom is -0.493 e. The highest BCUT2D eigenvalue weighted by Gasteiger charge is 2.91. The van der Waals surface area contributed by atoms with Crippen molar-refractivity contribution >= 4 is 31.2 Å². The molecule has 2 aliphatic heterocycles. The number of anilines is 1. The summed E-state index contributed by atoms with van der Waals surface area (Å²) in [5.74, 6) is 2.59. The number of ether oxygens (including phenoxy) is 2. The molecule has 1 aromatic heterocycles. The van der Waals surface area contributed by atoms with Gasteiger partial charge in [-0.1, -0.05) is 57.2 Å². The van der Waals surface area contributed by atoms with Crippen LogP contribution in [0.3, 0.4) is 0 Å². The number of carbonyl (C=O) groups is 1. The van der Waals surface area contributed by atoms with Gasteiger partial charge in [0.25, 0.3) is 5.91 Å². The van der Waals surface area contributed by atoms with Crippen molar-refractivity contribution in [2.75, 3.05) is 26.0 Å². The second-order valence-electron chi connectivity index (χ2n) is 13.0. The van der Waals surface area contributed by atoms with Crippen LogP contribution in [0.5, 0.6) is 11.5 Å². The smallest absolute Gasteiger partial charge is 0.256 e. The Morgan fingerprint density at radius 1 is 1.10 bits per heavy atom. The second-order valence-corrected chi connectivity index (χ2v) is 18.8. The van der Waals surface area contributed by atoms with Crippen molar-refractivity contribution in [3.63, 3.8) is 0 Å². The lowest BCUT2D eigenvalue weighted by Crippen LogP contribution is -2.56. The topological polar surface area (TPSA) is 74.0 Å². The summed E-state index contributed by atoms with van der Waals surface area (Å²) >= 11 is 1.85. The third-order valence-corrected chi connectivity index (χ3v) is 15.5. The zero-order valence-electron chi connectivity index (χ0n) is 24.3. The fourth-order valence-electron chi connectivity index (χ4n) is 6.62. The van der Waals surface area contributed by atoms with Crippen LogP contribution in [0, 0.1) is 17.8 Å². The van der Waals surface area contributed by atoms with E-state index >= 15 is 0 Å². The number of carbonyl (C=O) groups excluding carboxylic acids is 1. The monoisotopic (exact) mass is 576 g/mol. The third kappa shape index (κ3) is 4.27. The Kier molecular flexibility index (Phi) is 6.59. The summed E-state index contributed by atoms with van der Waals surface area (Å²) in [5.41, 5.74) is 8.66. The molecule has 2 saturated carbocycles. The summed E-state index contributed by atoms with van der Waals surface area (Å²) in [7, 11) is -0.401. The quantitative estimate of drug-likeness (QED) is 0.230. The predicted octanol–water partition coefficient (Wildman–Crippen LogP) is 6.58. The largest absolute Gasteiger partial charge is 0.493 e. The zero-order valence-corrected chi connectivity index (χ0v) is 26.1. The van der Waals surface area contributed by atoms with E-state index in [2.05, 4.69) is 51.4 Å². The van der Waals surface area contributed by atoms with E-state index < -0.39 is 8.32 Å². The number of methoxy groups -OCH3 is 1. The first-order valence-corrected chi connectivity index (χ1v) is 17.9. The van der Waals surface area contributed by atoms with Crippen LogP contribution in [0.2, 0.25) is 18.1 Å². The normalized spacial score (nSPS) is 26.7. The van der Waals surface area contributed by atoms with E-state index in [1.54, 1.807) is 19.2 Å². The number of thiophene rings is 1. The van der Waals surface area contributed by atoms with E-state index in [9.17, 15) is 4.79 Å². The van der Waals surface area contributed by atoms with E-state index in [4.69, 9.17) is 19.6 Å². The Bertz CT molecular complexity index is 1400. The maximum Gasteiger partial charge on any atom is 0.256 e. The van der Waals surface area contributed by atoms with Gasteiger partial charge in [-0.05, 0) is 59.0 Å². The maximum atomic E-state index is 14.2. The maximum absolute atomic E-state index is 14.2. The summed E-state index contributed by atoms with van der Waals surface area (Å²) in [6.45, 7) is 13.0. The first kappa shape index (κ1) is 27.4. The predicted molar refractivity (Wildman–Crippen MR) is 163 cm³/mol. The lowest BCUT2D eigenvalue weighted by molar-refractivity contribution is 0.0265. The number of nitrogen functional groups attached to an aromatic ring is 1. The number of piperidine rings is 2. The first-order valence-electron chi connectivity index (χ1n) is 14.1. The number of benzene rings is 2. The molecular formula is C32H40N2O4SSi. The van der Waals surface area contributed by atoms with E-state index in [-0.39, 0.29) is 22.4 Å². The molecule has 6 nitrogen and oxygen atoms in total. The molecular weight excluding hydrogens is 537 g/mol. The molecule has 2 bridgehead atoms. The van der Waals surface area contributed by atoms with Gasteiger partial charge in [0.2, 0.25) is 0 Å². The van der Waals surface area contributed by atoms with Gasteiger partial charge < -0.3 is 24.5 Å². The van der Waals surface area contributed by atoms with Gasteiger partial charge in [-0.3, -0.25) is 4.79 Å². The highest BCUT2D eigenvalue weighted by molar-refractivity contribution is 7.10. The minimum absolute atomic E-state index is 0.0260. The van der Waals surface area contributed by atoms with Crippen LogP contribution in [0.4, 0.5) is 5.69 Å².